The highest BCUT2D eigenvalue weighted by atomic mass is 16.5. The number of methoxy groups -OCH3 is 3. The van der Waals surface area contributed by atoms with Crippen molar-refractivity contribution in [1.29, 1.82) is 0 Å². The van der Waals surface area contributed by atoms with Crippen LogP contribution in [0.2, 0.25) is 0 Å². The average Bonchev–Trinajstić information content (AvgIpc) is 3.35. The van der Waals surface area contributed by atoms with E-state index in [9.17, 15) is 5.11 Å². The molecule has 1 atom stereocenters. The lowest BCUT2D eigenvalue weighted by Crippen LogP contribution is -2.33. The molecule has 0 aromatic heterocycles. The molecule has 0 amide bonds. The fraction of sp³-hybridized carbons (Fsp3) is 0.625. The predicted molar refractivity (Wildman–Crippen MR) is 81.0 cm³/mol. The highest BCUT2D eigenvalue weighted by Gasteiger charge is 2.30. The molecule has 0 bridgehead atoms. The molecule has 0 saturated heterocycles. The SMILES string of the molecule is COCCN(CC(O)c1ccc(OC)c(OC)c1)C1CC1. The third kappa shape index (κ3) is 4.33. The maximum absolute atomic E-state index is 10.5. The minimum Gasteiger partial charge on any atom is -0.493 e. The Hall–Kier alpha value is -1.30. The Bertz CT molecular complexity index is 448. The first-order chi connectivity index (χ1) is 10.2. The standard InChI is InChI=1S/C16H25NO4/c1-19-9-8-17(13-5-6-13)11-14(18)12-4-7-15(20-2)16(10-12)21-3/h4,7,10,13-14,18H,5-6,8-9,11H2,1-3H3. The molecular weight excluding hydrogens is 270 g/mol. The molecule has 1 aromatic carbocycles. The quantitative estimate of drug-likeness (QED) is 0.753. The minimum atomic E-state index is -0.540. The van der Waals surface area contributed by atoms with Crippen molar-refractivity contribution in [2.45, 2.75) is 25.0 Å². The molecule has 1 aromatic rings. The van der Waals surface area contributed by atoms with Gasteiger partial charge in [0.2, 0.25) is 0 Å². The van der Waals surface area contributed by atoms with Crippen LogP contribution in [0.3, 0.4) is 0 Å². The molecular formula is C16H25NO4. The van der Waals surface area contributed by atoms with Gasteiger partial charge in [0, 0.05) is 26.2 Å². The Morgan fingerprint density at radius 3 is 2.48 bits per heavy atom. The molecule has 1 fully saturated rings. The molecule has 1 saturated carbocycles. The van der Waals surface area contributed by atoms with E-state index in [1.165, 1.54) is 12.8 Å². The van der Waals surface area contributed by atoms with E-state index in [1.807, 2.05) is 18.2 Å². The van der Waals surface area contributed by atoms with Gasteiger partial charge < -0.3 is 19.3 Å². The lowest BCUT2D eigenvalue weighted by Gasteiger charge is -2.25. The van der Waals surface area contributed by atoms with Crippen molar-refractivity contribution in [3.05, 3.63) is 23.8 Å². The molecule has 2 rings (SSSR count). The van der Waals surface area contributed by atoms with Gasteiger partial charge in [0.15, 0.2) is 11.5 Å². The summed E-state index contributed by atoms with van der Waals surface area (Å²) in [5, 5.41) is 10.5. The van der Waals surface area contributed by atoms with Crippen molar-refractivity contribution in [2.24, 2.45) is 0 Å². The second-order valence-corrected chi connectivity index (χ2v) is 5.35. The number of aliphatic hydroxyl groups excluding tert-OH is 1. The number of hydrogen-bond acceptors (Lipinski definition) is 5. The minimum absolute atomic E-state index is 0.540. The molecule has 1 unspecified atom stereocenters. The molecule has 21 heavy (non-hydrogen) atoms. The van der Waals surface area contributed by atoms with Crippen LogP contribution in [0.4, 0.5) is 0 Å². The van der Waals surface area contributed by atoms with E-state index in [0.29, 0.717) is 30.7 Å². The second-order valence-electron chi connectivity index (χ2n) is 5.35. The Morgan fingerprint density at radius 2 is 1.90 bits per heavy atom. The molecule has 0 aliphatic heterocycles. The fourth-order valence-corrected chi connectivity index (χ4v) is 2.46. The van der Waals surface area contributed by atoms with Gasteiger partial charge in [-0.05, 0) is 30.5 Å². The maximum atomic E-state index is 10.5. The van der Waals surface area contributed by atoms with Gasteiger partial charge in [0.25, 0.3) is 0 Å². The Balaban J connectivity index is 2.02. The first-order valence-electron chi connectivity index (χ1n) is 7.32. The average molecular weight is 295 g/mol. The Morgan fingerprint density at radius 1 is 1.19 bits per heavy atom. The zero-order valence-corrected chi connectivity index (χ0v) is 13.0. The molecule has 1 aliphatic rings. The number of ether oxygens (including phenoxy) is 3. The summed E-state index contributed by atoms with van der Waals surface area (Å²) >= 11 is 0. The molecule has 0 heterocycles. The van der Waals surface area contributed by atoms with Crippen LogP contribution >= 0.6 is 0 Å². The predicted octanol–water partition coefficient (Wildman–Crippen LogP) is 1.85. The Kier molecular flexibility index (Phi) is 5.85. The van der Waals surface area contributed by atoms with E-state index in [-0.39, 0.29) is 0 Å². The van der Waals surface area contributed by atoms with E-state index in [1.54, 1.807) is 21.3 Å². The van der Waals surface area contributed by atoms with Gasteiger partial charge in [-0.1, -0.05) is 6.07 Å². The van der Waals surface area contributed by atoms with Gasteiger partial charge in [0.05, 0.1) is 26.9 Å². The first kappa shape index (κ1) is 16.1. The first-order valence-corrected chi connectivity index (χ1v) is 7.32. The summed E-state index contributed by atoms with van der Waals surface area (Å²) in [6.45, 7) is 2.16. The molecule has 118 valence electrons. The lowest BCUT2D eigenvalue weighted by molar-refractivity contribution is 0.0844. The summed E-state index contributed by atoms with van der Waals surface area (Å²) in [4.78, 5) is 2.30. The van der Waals surface area contributed by atoms with E-state index in [2.05, 4.69) is 4.90 Å². The normalized spacial score (nSPS) is 16.0. The smallest absolute Gasteiger partial charge is 0.161 e. The van der Waals surface area contributed by atoms with Crippen molar-refractivity contribution in [3.8, 4) is 11.5 Å². The van der Waals surface area contributed by atoms with Crippen molar-refractivity contribution < 1.29 is 19.3 Å². The van der Waals surface area contributed by atoms with Gasteiger partial charge in [0.1, 0.15) is 0 Å². The lowest BCUT2D eigenvalue weighted by atomic mass is 10.1. The van der Waals surface area contributed by atoms with Crippen LogP contribution < -0.4 is 9.47 Å². The van der Waals surface area contributed by atoms with Crippen molar-refractivity contribution in [2.75, 3.05) is 41.0 Å². The van der Waals surface area contributed by atoms with E-state index >= 15 is 0 Å². The molecule has 5 heteroatoms. The van der Waals surface area contributed by atoms with Crippen LogP contribution in [0.15, 0.2) is 18.2 Å². The summed E-state index contributed by atoms with van der Waals surface area (Å²) in [5.74, 6) is 1.32. The van der Waals surface area contributed by atoms with Gasteiger partial charge in [-0.2, -0.15) is 0 Å². The zero-order valence-electron chi connectivity index (χ0n) is 13.0. The number of nitrogens with zero attached hydrogens (tertiary/aromatic N) is 1. The third-order valence-electron chi connectivity index (χ3n) is 3.85. The molecule has 1 N–H and O–H groups in total. The van der Waals surface area contributed by atoms with Gasteiger partial charge in [-0.15, -0.1) is 0 Å². The molecule has 0 radical (unpaired) electrons. The molecule has 5 nitrogen and oxygen atoms in total. The molecule has 0 spiro atoms. The van der Waals surface area contributed by atoms with Crippen LogP contribution in [0.25, 0.3) is 0 Å². The van der Waals surface area contributed by atoms with Gasteiger partial charge in [-0.3, -0.25) is 4.90 Å². The monoisotopic (exact) mass is 295 g/mol. The third-order valence-corrected chi connectivity index (χ3v) is 3.85. The number of hydrogen-bond donors (Lipinski definition) is 1. The second kappa shape index (κ2) is 7.64. The fourth-order valence-electron chi connectivity index (χ4n) is 2.46. The summed E-state index contributed by atoms with van der Waals surface area (Å²) in [6.07, 6.45) is 1.88. The number of benzene rings is 1. The summed E-state index contributed by atoms with van der Waals surface area (Å²) in [5.41, 5.74) is 0.843. The summed E-state index contributed by atoms with van der Waals surface area (Å²) in [6, 6.07) is 6.14. The van der Waals surface area contributed by atoms with Crippen molar-refractivity contribution in [1.82, 2.24) is 4.90 Å². The van der Waals surface area contributed by atoms with Crippen molar-refractivity contribution >= 4 is 0 Å². The number of rotatable bonds is 9. The van der Waals surface area contributed by atoms with Crippen LogP contribution in [0, 0.1) is 0 Å². The van der Waals surface area contributed by atoms with E-state index in [0.717, 1.165) is 12.1 Å². The van der Waals surface area contributed by atoms with Crippen LogP contribution in [-0.2, 0) is 4.74 Å². The largest absolute Gasteiger partial charge is 0.493 e. The van der Waals surface area contributed by atoms with Crippen LogP contribution in [-0.4, -0.2) is 57.1 Å². The van der Waals surface area contributed by atoms with Crippen molar-refractivity contribution in [3.63, 3.8) is 0 Å². The highest BCUT2D eigenvalue weighted by molar-refractivity contribution is 5.43. The van der Waals surface area contributed by atoms with Crippen LogP contribution in [0.1, 0.15) is 24.5 Å². The van der Waals surface area contributed by atoms with E-state index < -0.39 is 6.10 Å². The highest BCUT2D eigenvalue weighted by Crippen LogP contribution is 2.32. The maximum Gasteiger partial charge on any atom is 0.161 e. The molecule has 1 aliphatic carbocycles. The Labute approximate surface area is 126 Å². The number of aliphatic hydroxyl groups is 1. The summed E-state index contributed by atoms with van der Waals surface area (Å²) in [7, 11) is 4.91. The van der Waals surface area contributed by atoms with Crippen LogP contribution in [0.5, 0.6) is 11.5 Å². The topological polar surface area (TPSA) is 51.2 Å². The van der Waals surface area contributed by atoms with E-state index in [4.69, 9.17) is 14.2 Å². The zero-order chi connectivity index (χ0) is 15.2. The summed E-state index contributed by atoms with van der Waals surface area (Å²) < 4.78 is 15.7. The van der Waals surface area contributed by atoms with Gasteiger partial charge >= 0.3 is 0 Å². The van der Waals surface area contributed by atoms with Gasteiger partial charge in [-0.25, -0.2) is 0 Å².